The Morgan fingerprint density at radius 2 is 1.83 bits per heavy atom. The Labute approximate surface area is 123 Å². The maximum atomic E-state index is 11.6. The second-order valence-corrected chi connectivity index (χ2v) is 4.79. The van der Waals surface area contributed by atoms with Crippen molar-refractivity contribution in [1.82, 2.24) is 10.2 Å². The fourth-order valence-electron chi connectivity index (χ4n) is 2.11. The SMILES string of the molecule is CC[C@H](N)C(=O)NC(C)CN1CCCCC1.Cl.Cl. The fraction of sp³-hybridized carbons (Fsp3) is 0.917. The monoisotopic (exact) mass is 299 g/mol. The van der Waals surface area contributed by atoms with Crippen LogP contribution in [0.2, 0.25) is 0 Å². The molecule has 1 amide bonds. The first-order chi connectivity index (χ1) is 7.63. The smallest absolute Gasteiger partial charge is 0.237 e. The molecule has 3 N–H and O–H groups in total. The summed E-state index contributed by atoms with van der Waals surface area (Å²) in [5.41, 5.74) is 5.67. The van der Waals surface area contributed by atoms with E-state index in [1.807, 2.05) is 6.92 Å². The zero-order valence-corrected chi connectivity index (χ0v) is 13.0. The average molecular weight is 300 g/mol. The second-order valence-electron chi connectivity index (χ2n) is 4.79. The second kappa shape index (κ2) is 10.9. The number of hydrogen-bond donors (Lipinski definition) is 2. The molecule has 0 aromatic carbocycles. The fourth-order valence-corrected chi connectivity index (χ4v) is 2.11. The zero-order valence-electron chi connectivity index (χ0n) is 11.4. The number of likely N-dealkylation sites (tertiary alicyclic amines) is 1. The van der Waals surface area contributed by atoms with Gasteiger partial charge in [-0.05, 0) is 39.3 Å². The van der Waals surface area contributed by atoms with E-state index in [1.54, 1.807) is 0 Å². The number of carbonyl (C=O) groups excluding carboxylic acids is 1. The summed E-state index contributed by atoms with van der Waals surface area (Å²) in [5.74, 6) is -0.0213. The van der Waals surface area contributed by atoms with Crippen LogP contribution in [0.15, 0.2) is 0 Å². The number of nitrogens with one attached hydrogen (secondary N) is 1. The highest BCUT2D eigenvalue weighted by atomic mass is 35.5. The highest BCUT2D eigenvalue weighted by Gasteiger charge is 2.17. The first-order valence-electron chi connectivity index (χ1n) is 6.41. The third-order valence-electron chi connectivity index (χ3n) is 3.15. The summed E-state index contributed by atoms with van der Waals surface area (Å²) in [6, 6.07) is -0.160. The molecule has 4 nitrogen and oxygen atoms in total. The first-order valence-corrected chi connectivity index (χ1v) is 6.41. The maximum absolute atomic E-state index is 11.6. The number of rotatable bonds is 5. The third-order valence-corrected chi connectivity index (χ3v) is 3.15. The van der Waals surface area contributed by atoms with E-state index in [2.05, 4.69) is 17.1 Å². The van der Waals surface area contributed by atoms with Gasteiger partial charge < -0.3 is 16.0 Å². The van der Waals surface area contributed by atoms with Crippen molar-refractivity contribution in [2.45, 2.75) is 51.6 Å². The highest BCUT2D eigenvalue weighted by molar-refractivity contribution is 5.85. The molecule has 1 unspecified atom stereocenters. The van der Waals surface area contributed by atoms with Crippen LogP contribution in [0, 0.1) is 0 Å². The van der Waals surface area contributed by atoms with Gasteiger partial charge in [0.15, 0.2) is 0 Å². The Hall–Kier alpha value is -0.0300. The lowest BCUT2D eigenvalue weighted by Crippen LogP contribution is -2.48. The standard InChI is InChI=1S/C12H25N3O.2ClH/c1-3-11(13)12(16)14-10(2)9-15-7-5-4-6-8-15;;/h10-11H,3-9,13H2,1-2H3,(H,14,16);2*1H/t10?,11-;;/m0../s1. The molecule has 0 aromatic rings. The van der Waals surface area contributed by atoms with Gasteiger partial charge in [-0.3, -0.25) is 4.79 Å². The van der Waals surface area contributed by atoms with Crippen LogP contribution < -0.4 is 11.1 Å². The van der Waals surface area contributed by atoms with Gasteiger partial charge >= 0.3 is 0 Å². The van der Waals surface area contributed by atoms with Crippen LogP contribution in [0.25, 0.3) is 0 Å². The van der Waals surface area contributed by atoms with Crippen LogP contribution in [0.4, 0.5) is 0 Å². The molecule has 1 aliphatic rings. The number of carbonyl (C=O) groups is 1. The molecular formula is C12H27Cl2N3O. The van der Waals surface area contributed by atoms with Crippen molar-refractivity contribution in [3.63, 3.8) is 0 Å². The van der Waals surface area contributed by atoms with E-state index in [-0.39, 0.29) is 42.8 Å². The molecule has 1 rings (SSSR count). The van der Waals surface area contributed by atoms with Gasteiger partial charge in [0, 0.05) is 12.6 Å². The Balaban J connectivity index is 0. The topological polar surface area (TPSA) is 58.4 Å². The quantitative estimate of drug-likeness (QED) is 0.810. The minimum absolute atomic E-state index is 0. The normalized spacial score (nSPS) is 19.1. The summed E-state index contributed by atoms with van der Waals surface area (Å²) in [6.45, 7) is 7.26. The Bertz CT molecular complexity index is 223. The van der Waals surface area contributed by atoms with Crippen molar-refractivity contribution in [2.75, 3.05) is 19.6 Å². The van der Waals surface area contributed by atoms with E-state index >= 15 is 0 Å². The number of halogens is 2. The molecule has 0 bridgehead atoms. The minimum Gasteiger partial charge on any atom is -0.351 e. The molecule has 0 saturated carbocycles. The summed E-state index contributed by atoms with van der Waals surface area (Å²) in [5, 5.41) is 2.97. The maximum Gasteiger partial charge on any atom is 0.237 e. The van der Waals surface area contributed by atoms with Crippen molar-refractivity contribution in [2.24, 2.45) is 5.73 Å². The van der Waals surface area contributed by atoms with Gasteiger partial charge in [0.2, 0.25) is 5.91 Å². The van der Waals surface area contributed by atoms with Gasteiger partial charge in [-0.15, -0.1) is 24.8 Å². The molecule has 1 heterocycles. The van der Waals surface area contributed by atoms with E-state index < -0.39 is 0 Å². The van der Waals surface area contributed by atoms with Crippen molar-refractivity contribution in [1.29, 1.82) is 0 Å². The number of hydrogen-bond acceptors (Lipinski definition) is 3. The first kappa shape index (κ1) is 20.3. The summed E-state index contributed by atoms with van der Waals surface area (Å²) >= 11 is 0. The van der Waals surface area contributed by atoms with Crippen LogP contribution in [0.5, 0.6) is 0 Å². The van der Waals surface area contributed by atoms with E-state index in [1.165, 1.54) is 32.4 Å². The zero-order chi connectivity index (χ0) is 12.0. The molecule has 1 saturated heterocycles. The largest absolute Gasteiger partial charge is 0.351 e. The summed E-state index contributed by atoms with van der Waals surface area (Å²) in [7, 11) is 0. The molecule has 110 valence electrons. The lowest BCUT2D eigenvalue weighted by atomic mass is 10.1. The predicted molar refractivity (Wildman–Crippen MR) is 80.7 cm³/mol. The van der Waals surface area contributed by atoms with E-state index in [0.717, 1.165) is 6.54 Å². The van der Waals surface area contributed by atoms with Crippen molar-refractivity contribution >= 4 is 30.7 Å². The molecule has 6 heteroatoms. The number of amides is 1. The van der Waals surface area contributed by atoms with Crippen LogP contribution >= 0.6 is 24.8 Å². The van der Waals surface area contributed by atoms with Gasteiger partial charge in [0.1, 0.15) is 0 Å². The van der Waals surface area contributed by atoms with E-state index in [9.17, 15) is 4.79 Å². The molecule has 0 aromatic heterocycles. The highest BCUT2D eigenvalue weighted by Crippen LogP contribution is 2.08. The lowest BCUT2D eigenvalue weighted by Gasteiger charge is -2.29. The lowest BCUT2D eigenvalue weighted by molar-refractivity contribution is -0.123. The van der Waals surface area contributed by atoms with Crippen LogP contribution in [0.1, 0.15) is 39.5 Å². The van der Waals surface area contributed by atoms with Crippen molar-refractivity contribution in [3.05, 3.63) is 0 Å². The summed E-state index contributed by atoms with van der Waals surface area (Å²) in [4.78, 5) is 14.0. The summed E-state index contributed by atoms with van der Waals surface area (Å²) < 4.78 is 0. The molecule has 1 aliphatic heterocycles. The third kappa shape index (κ3) is 7.41. The molecule has 0 spiro atoms. The molecule has 2 atom stereocenters. The van der Waals surface area contributed by atoms with Crippen LogP contribution in [0.3, 0.4) is 0 Å². The number of piperidine rings is 1. The number of nitrogens with zero attached hydrogens (tertiary/aromatic N) is 1. The van der Waals surface area contributed by atoms with Gasteiger partial charge in [0.25, 0.3) is 0 Å². The van der Waals surface area contributed by atoms with Gasteiger partial charge in [0.05, 0.1) is 6.04 Å². The molecule has 0 aliphatic carbocycles. The number of nitrogens with two attached hydrogens (primary N) is 1. The average Bonchev–Trinajstić information content (AvgIpc) is 2.29. The molecular weight excluding hydrogens is 273 g/mol. The van der Waals surface area contributed by atoms with E-state index in [4.69, 9.17) is 5.73 Å². The Morgan fingerprint density at radius 3 is 2.33 bits per heavy atom. The summed E-state index contributed by atoms with van der Waals surface area (Å²) in [6.07, 6.45) is 4.62. The Kier molecular flexibility index (Phi) is 12.2. The van der Waals surface area contributed by atoms with Gasteiger partial charge in [-0.1, -0.05) is 13.3 Å². The van der Waals surface area contributed by atoms with Crippen molar-refractivity contribution < 1.29 is 4.79 Å². The molecule has 0 radical (unpaired) electrons. The van der Waals surface area contributed by atoms with Crippen molar-refractivity contribution in [3.8, 4) is 0 Å². The minimum atomic E-state index is -0.358. The van der Waals surface area contributed by atoms with E-state index in [0.29, 0.717) is 6.42 Å². The Morgan fingerprint density at radius 1 is 1.28 bits per heavy atom. The van der Waals surface area contributed by atoms with Crippen LogP contribution in [-0.4, -0.2) is 42.5 Å². The van der Waals surface area contributed by atoms with Gasteiger partial charge in [-0.2, -0.15) is 0 Å². The molecule has 1 fully saturated rings. The molecule has 18 heavy (non-hydrogen) atoms. The van der Waals surface area contributed by atoms with Crippen LogP contribution in [-0.2, 0) is 4.79 Å². The predicted octanol–water partition coefficient (Wildman–Crippen LogP) is 1.56. The van der Waals surface area contributed by atoms with Gasteiger partial charge in [-0.25, -0.2) is 0 Å².